The number of hydrogen-bond donors (Lipinski definition) is 1. The average Bonchev–Trinajstić information content (AvgIpc) is 2.36. The van der Waals surface area contributed by atoms with Gasteiger partial charge in [0.15, 0.2) is 0 Å². The minimum Gasteiger partial charge on any atom is -0.490 e. The van der Waals surface area contributed by atoms with Crippen LogP contribution in [-0.2, 0) is 9.53 Å². The fourth-order valence-corrected chi connectivity index (χ4v) is 1.52. The molecule has 1 rings (SSSR count). The highest BCUT2D eigenvalue weighted by Gasteiger charge is 2.30. The van der Waals surface area contributed by atoms with Crippen molar-refractivity contribution in [1.82, 2.24) is 0 Å². The molecule has 19 heavy (non-hydrogen) atoms. The maximum absolute atomic E-state index is 11.6. The number of nitrogen functional groups attached to an aromatic ring is 1. The van der Waals surface area contributed by atoms with E-state index in [1.807, 2.05) is 31.1 Å². The van der Waals surface area contributed by atoms with Crippen LogP contribution in [0, 0.1) is 5.41 Å². The van der Waals surface area contributed by atoms with Gasteiger partial charge in [-0.2, -0.15) is 0 Å². The fourth-order valence-electron chi connectivity index (χ4n) is 1.52. The van der Waals surface area contributed by atoms with Crippen LogP contribution >= 0.6 is 0 Å². The quantitative estimate of drug-likeness (QED) is 0.651. The first-order valence-corrected chi connectivity index (χ1v) is 6.06. The maximum Gasteiger partial charge on any atom is 0.314 e. The van der Waals surface area contributed by atoms with E-state index in [-0.39, 0.29) is 12.6 Å². The first kappa shape index (κ1) is 15.1. The summed E-state index contributed by atoms with van der Waals surface area (Å²) in [6.45, 7) is 3.75. The lowest BCUT2D eigenvalue weighted by atomic mass is 9.95. The molecule has 2 N–H and O–H groups in total. The molecule has 1 aromatic rings. The van der Waals surface area contributed by atoms with Gasteiger partial charge in [-0.3, -0.25) is 4.79 Å². The number of benzene rings is 1. The van der Waals surface area contributed by atoms with E-state index in [0.717, 1.165) is 5.69 Å². The van der Waals surface area contributed by atoms with Crippen LogP contribution < -0.4 is 15.4 Å². The summed E-state index contributed by atoms with van der Waals surface area (Å²) < 4.78 is 10.4. The third-order valence-corrected chi connectivity index (χ3v) is 2.84. The third-order valence-electron chi connectivity index (χ3n) is 2.84. The van der Waals surface area contributed by atoms with Gasteiger partial charge >= 0.3 is 5.97 Å². The lowest BCUT2D eigenvalue weighted by molar-refractivity contribution is -0.152. The Hall–Kier alpha value is -1.91. The summed E-state index contributed by atoms with van der Waals surface area (Å²) >= 11 is 0. The predicted molar refractivity (Wildman–Crippen MR) is 76.5 cm³/mol. The second kappa shape index (κ2) is 5.82. The minimum absolute atomic E-state index is 0.209. The molecule has 0 fully saturated rings. The highest BCUT2D eigenvalue weighted by molar-refractivity contribution is 5.76. The molecule has 0 aliphatic carbocycles. The molecule has 5 nitrogen and oxygen atoms in total. The van der Waals surface area contributed by atoms with Gasteiger partial charge in [0.1, 0.15) is 12.4 Å². The summed E-state index contributed by atoms with van der Waals surface area (Å²) in [7, 11) is 5.24. The van der Waals surface area contributed by atoms with Crippen LogP contribution in [0.25, 0.3) is 0 Å². The molecule has 0 radical (unpaired) electrons. The van der Waals surface area contributed by atoms with Gasteiger partial charge in [-0.15, -0.1) is 0 Å². The van der Waals surface area contributed by atoms with Gasteiger partial charge in [0.25, 0.3) is 0 Å². The number of rotatable bonds is 5. The molecule has 0 aromatic heterocycles. The van der Waals surface area contributed by atoms with Gasteiger partial charge in [0.05, 0.1) is 18.2 Å². The molecule has 0 heterocycles. The molecule has 5 heteroatoms. The van der Waals surface area contributed by atoms with Crippen LogP contribution in [0.2, 0.25) is 0 Å². The fraction of sp³-hybridized carbons (Fsp3) is 0.500. The number of carbonyl (C=O) groups is 1. The average molecular weight is 266 g/mol. The van der Waals surface area contributed by atoms with E-state index in [1.165, 1.54) is 7.11 Å². The molecule has 0 bridgehead atoms. The summed E-state index contributed by atoms with van der Waals surface area (Å²) in [6.07, 6.45) is 0. The molecule has 0 saturated carbocycles. The zero-order valence-corrected chi connectivity index (χ0v) is 12.2. The SMILES string of the molecule is COC(=O)C(C)(C)COc1cc(N(C)C)ccc1N. The van der Waals surface area contributed by atoms with Crippen LogP contribution in [0.15, 0.2) is 18.2 Å². The second-order valence-electron chi connectivity index (χ2n) is 5.28. The maximum atomic E-state index is 11.6. The molecule has 106 valence electrons. The summed E-state index contributed by atoms with van der Waals surface area (Å²) in [6, 6.07) is 5.55. The highest BCUT2D eigenvalue weighted by atomic mass is 16.5. The van der Waals surface area contributed by atoms with Crippen LogP contribution in [0.4, 0.5) is 11.4 Å². The monoisotopic (exact) mass is 266 g/mol. The van der Waals surface area contributed by atoms with E-state index in [9.17, 15) is 4.79 Å². The summed E-state index contributed by atoms with van der Waals surface area (Å²) in [5.41, 5.74) is 6.69. The summed E-state index contributed by atoms with van der Waals surface area (Å²) in [4.78, 5) is 13.5. The van der Waals surface area contributed by atoms with Crippen LogP contribution in [-0.4, -0.2) is 33.8 Å². The smallest absolute Gasteiger partial charge is 0.314 e. The second-order valence-corrected chi connectivity index (χ2v) is 5.28. The van der Waals surface area contributed by atoms with Crippen LogP contribution in [0.5, 0.6) is 5.75 Å². The number of esters is 1. The van der Waals surface area contributed by atoms with Crippen molar-refractivity contribution in [3.8, 4) is 5.75 Å². The Kier molecular flexibility index (Phi) is 4.64. The summed E-state index contributed by atoms with van der Waals surface area (Å²) in [5, 5.41) is 0. The van der Waals surface area contributed by atoms with Crippen molar-refractivity contribution in [2.24, 2.45) is 5.41 Å². The lowest BCUT2D eigenvalue weighted by Gasteiger charge is -2.23. The zero-order valence-electron chi connectivity index (χ0n) is 12.2. The first-order chi connectivity index (χ1) is 8.77. The van der Waals surface area contributed by atoms with Gasteiger partial charge < -0.3 is 20.1 Å². The van der Waals surface area contributed by atoms with Crippen molar-refractivity contribution in [2.45, 2.75) is 13.8 Å². The zero-order chi connectivity index (χ0) is 14.6. The standard InChI is InChI=1S/C14H22N2O3/c1-14(2,13(17)18-5)9-19-12-8-10(16(3)4)6-7-11(12)15/h6-8H,9,15H2,1-5H3. The Morgan fingerprint density at radius 1 is 1.37 bits per heavy atom. The van der Waals surface area contributed by atoms with Gasteiger partial charge in [-0.05, 0) is 26.0 Å². The molecule has 0 aliphatic rings. The first-order valence-electron chi connectivity index (χ1n) is 6.06. The van der Waals surface area contributed by atoms with Crippen molar-refractivity contribution in [1.29, 1.82) is 0 Å². The van der Waals surface area contributed by atoms with Gasteiger partial charge in [0, 0.05) is 25.8 Å². The molecule has 0 spiro atoms. The molecule has 0 amide bonds. The van der Waals surface area contributed by atoms with Crippen molar-refractivity contribution in [3.05, 3.63) is 18.2 Å². The Morgan fingerprint density at radius 3 is 2.53 bits per heavy atom. The Labute approximate surface area is 114 Å². The van der Waals surface area contributed by atoms with Crippen molar-refractivity contribution in [3.63, 3.8) is 0 Å². The molecular weight excluding hydrogens is 244 g/mol. The number of carbonyl (C=O) groups excluding carboxylic acids is 1. The Morgan fingerprint density at radius 2 is 2.00 bits per heavy atom. The number of methoxy groups -OCH3 is 1. The van der Waals surface area contributed by atoms with E-state index >= 15 is 0 Å². The predicted octanol–water partition coefficient (Wildman–Crippen LogP) is 1.91. The van der Waals surface area contributed by atoms with Crippen LogP contribution in [0.1, 0.15) is 13.8 Å². The highest BCUT2D eigenvalue weighted by Crippen LogP contribution is 2.29. The van der Waals surface area contributed by atoms with Gasteiger partial charge in [-0.1, -0.05) is 0 Å². The van der Waals surface area contributed by atoms with E-state index in [0.29, 0.717) is 11.4 Å². The molecule has 0 atom stereocenters. The molecular formula is C14H22N2O3. The molecule has 0 saturated heterocycles. The topological polar surface area (TPSA) is 64.8 Å². The van der Waals surface area contributed by atoms with Crippen LogP contribution in [0.3, 0.4) is 0 Å². The Balaban J connectivity index is 2.83. The molecule has 0 unspecified atom stereocenters. The lowest BCUT2D eigenvalue weighted by Crippen LogP contribution is -2.32. The van der Waals surface area contributed by atoms with Gasteiger partial charge in [-0.25, -0.2) is 0 Å². The number of hydrogen-bond acceptors (Lipinski definition) is 5. The molecule has 0 aliphatic heterocycles. The van der Waals surface area contributed by atoms with Crippen molar-refractivity contribution in [2.75, 3.05) is 38.4 Å². The third kappa shape index (κ3) is 3.77. The number of ether oxygens (including phenoxy) is 2. The van der Waals surface area contributed by atoms with E-state index < -0.39 is 5.41 Å². The minimum atomic E-state index is -0.713. The number of nitrogens with zero attached hydrogens (tertiary/aromatic N) is 1. The Bertz CT molecular complexity index is 456. The number of nitrogens with two attached hydrogens (primary N) is 1. The van der Waals surface area contributed by atoms with Crippen molar-refractivity contribution < 1.29 is 14.3 Å². The van der Waals surface area contributed by atoms with E-state index in [4.69, 9.17) is 15.2 Å². The molecule has 1 aromatic carbocycles. The largest absolute Gasteiger partial charge is 0.490 e. The van der Waals surface area contributed by atoms with E-state index in [1.54, 1.807) is 19.9 Å². The summed E-state index contributed by atoms with van der Waals surface area (Å²) in [5.74, 6) is 0.262. The van der Waals surface area contributed by atoms with E-state index in [2.05, 4.69) is 0 Å². The number of anilines is 2. The normalized spacial score (nSPS) is 11.0. The van der Waals surface area contributed by atoms with Crippen molar-refractivity contribution >= 4 is 17.3 Å². The van der Waals surface area contributed by atoms with Gasteiger partial charge in [0.2, 0.25) is 0 Å².